The summed E-state index contributed by atoms with van der Waals surface area (Å²) in [6.45, 7) is 4.24. The van der Waals surface area contributed by atoms with Gasteiger partial charge in [0.1, 0.15) is 10.0 Å². The van der Waals surface area contributed by atoms with Crippen molar-refractivity contribution in [1.82, 2.24) is 19.1 Å². The molecule has 0 aromatic carbocycles. The molecular weight excluding hydrogens is 324 g/mol. The molecule has 0 aliphatic rings. The van der Waals surface area contributed by atoms with E-state index >= 15 is 0 Å². The van der Waals surface area contributed by atoms with Crippen LogP contribution in [0.15, 0.2) is 28.0 Å². The van der Waals surface area contributed by atoms with Gasteiger partial charge in [-0.1, -0.05) is 25.2 Å². The van der Waals surface area contributed by atoms with E-state index in [-0.39, 0.29) is 22.9 Å². The fraction of sp³-hybridized carbons (Fsp3) is 0.462. The van der Waals surface area contributed by atoms with Crippen molar-refractivity contribution in [3.8, 4) is 0 Å². The second-order valence-corrected chi connectivity index (χ2v) is 8.55. The molecule has 0 atom stereocenters. The molecule has 0 spiro atoms. The summed E-state index contributed by atoms with van der Waals surface area (Å²) in [5, 5.41) is 9.68. The van der Waals surface area contributed by atoms with Crippen LogP contribution in [-0.2, 0) is 16.6 Å². The van der Waals surface area contributed by atoms with Crippen molar-refractivity contribution in [2.45, 2.75) is 31.2 Å². The van der Waals surface area contributed by atoms with Gasteiger partial charge in [0, 0.05) is 32.3 Å². The Hall–Kier alpha value is -1.58. The molecule has 22 heavy (non-hydrogen) atoms. The lowest BCUT2D eigenvalue weighted by Gasteiger charge is -2.12. The summed E-state index contributed by atoms with van der Waals surface area (Å²) in [5.41, 5.74) is -0.279. The van der Waals surface area contributed by atoms with E-state index in [2.05, 4.69) is 10.2 Å². The fourth-order valence-electron chi connectivity index (χ4n) is 1.71. The molecule has 0 saturated carbocycles. The van der Waals surface area contributed by atoms with Crippen molar-refractivity contribution in [2.24, 2.45) is 0 Å². The van der Waals surface area contributed by atoms with Gasteiger partial charge in [0.2, 0.25) is 10.0 Å². The number of aromatic nitrogens is 3. The Kier molecular flexibility index (Phi) is 4.78. The van der Waals surface area contributed by atoms with E-state index in [4.69, 9.17) is 0 Å². The fourth-order valence-corrected chi connectivity index (χ4v) is 3.47. The molecule has 7 nitrogen and oxygen atoms in total. The van der Waals surface area contributed by atoms with E-state index < -0.39 is 10.0 Å². The minimum atomic E-state index is -3.58. The molecule has 0 bridgehead atoms. The lowest BCUT2D eigenvalue weighted by molar-refractivity contribution is 0.519. The third kappa shape index (κ3) is 3.42. The van der Waals surface area contributed by atoms with Crippen LogP contribution in [0.5, 0.6) is 0 Å². The van der Waals surface area contributed by atoms with Crippen LogP contribution in [-0.4, -0.2) is 41.6 Å². The summed E-state index contributed by atoms with van der Waals surface area (Å²) in [6, 6.07) is 2.56. The zero-order valence-corrected chi connectivity index (χ0v) is 14.5. The van der Waals surface area contributed by atoms with Crippen molar-refractivity contribution in [2.75, 3.05) is 14.1 Å². The predicted molar refractivity (Wildman–Crippen MR) is 84.7 cm³/mol. The van der Waals surface area contributed by atoms with Crippen LogP contribution in [0.3, 0.4) is 0 Å². The zero-order valence-electron chi connectivity index (χ0n) is 12.8. The minimum absolute atomic E-state index is 0.0747. The van der Waals surface area contributed by atoms with Gasteiger partial charge in [-0.25, -0.2) is 12.7 Å². The first-order valence-corrected chi connectivity index (χ1v) is 8.92. The molecule has 2 aromatic rings. The third-order valence-electron chi connectivity index (χ3n) is 3.02. The van der Waals surface area contributed by atoms with Gasteiger partial charge in [0.15, 0.2) is 0 Å². The molecule has 0 fully saturated rings. The Morgan fingerprint density at radius 1 is 1.27 bits per heavy atom. The van der Waals surface area contributed by atoms with Crippen molar-refractivity contribution < 1.29 is 8.42 Å². The van der Waals surface area contributed by atoms with Crippen molar-refractivity contribution in [3.05, 3.63) is 38.7 Å². The highest BCUT2D eigenvalue weighted by atomic mass is 32.2. The van der Waals surface area contributed by atoms with Crippen LogP contribution in [0.1, 0.15) is 29.8 Å². The van der Waals surface area contributed by atoms with Crippen LogP contribution in [0, 0.1) is 0 Å². The number of nitrogens with zero attached hydrogens (tertiary/aromatic N) is 4. The number of hydrogen-bond acceptors (Lipinski definition) is 6. The number of sulfonamides is 1. The standard InChI is InChI=1S/C13H18N4O3S2/c1-9(2)13-15-14-11(21-13)8-17-7-10(5-6-12(17)18)22(19,20)16(3)4/h5-7,9H,8H2,1-4H3. The molecule has 2 rings (SSSR count). The maximum absolute atomic E-state index is 12.1. The summed E-state index contributed by atoms with van der Waals surface area (Å²) < 4.78 is 26.7. The van der Waals surface area contributed by atoms with Gasteiger partial charge in [-0.2, -0.15) is 0 Å². The molecule has 0 N–H and O–H groups in total. The minimum Gasteiger partial charge on any atom is -0.307 e. The largest absolute Gasteiger partial charge is 0.307 e. The SMILES string of the molecule is CC(C)c1nnc(Cn2cc(S(=O)(=O)N(C)C)ccc2=O)s1. The van der Waals surface area contributed by atoms with Gasteiger partial charge >= 0.3 is 0 Å². The number of pyridine rings is 1. The molecule has 0 unspecified atom stereocenters. The molecule has 0 aliphatic carbocycles. The molecule has 2 heterocycles. The topological polar surface area (TPSA) is 85.2 Å². The van der Waals surface area contributed by atoms with Gasteiger partial charge in [0.25, 0.3) is 5.56 Å². The zero-order chi connectivity index (χ0) is 16.5. The lowest BCUT2D eigenvalue weighted by Crippen LogP contribution is -2.26. The lowest BCUT2D eigenvalue weighted by atomic mass is 10.2. The van der Waals surface area contributed by atoms with Crippen LogP contribution in [0.2, 0.25) is 0 Å². The average Bonchev–Trinajstić information content (AvgIpc) is 2.89. The van der Waals surface area contributed by atoms with Gasteiger partial charge < -0.3 is 4.57 Å². The first kappa shape index (κ1) is 16.8. The molecule has 2 aromatic heterocycles. The highest BCUT2D eigenvalue weighted by Crippen LogP contribution is 2.19. The Morgan fingerprint density at radius 3 is 2.50 bits per heavy atom. The van der Waals surface area contributed by atoms with E-state index in [0.29, 0.717) is 5.01 Å². The monoisotopic (exact) mass is 342 g/mol. The molecule has 0 radical (unpaired) electrons. The van der Waals surface area contributed by atoms with E-state index in [0.717, 1.165) is 9.31 Å². The highest BCUT2D eigenvalue weighted by Gasteiger charge is 2.18. The molecule has 120 valence electrons. The van der Waals surface area contributed by atoms with Gasteiger partial charge in [0.05, 0.1) is 11.4 Å². The van der Waals surface area contributed by atoms with Crippen molar-refractivity contribution in [3.63, 3.8) is 0 Å². The first-order valence-electron chi connectivity index (χ1n) is 6.67. The Labute approximate surface area is 133 Å². The quantitative estimate of drug-likeness (QED) is 0.813. The molecule has 0 aliphatic heterocycles. The average molecular weight is 342 g/mol. The van der Waals surface area contributed by atoms with E-state index in [1.54, 1.807) is 0 Å². The summed E-state index contributed by atoms with van der Waals surface area (Å²) in [4.78, 5) is 12.0. The van der Waals surface area contributed by atoms with Crippen LogP contribution in [0.25, 0.3) is 0 Å². The Balaban J connectivity index is 2.37. The first-order chi connectivity index (χ1) is 10.2. The Morgan fingerprint density at radius 2 is 1.95 bits per heavy atom. The van der Waals surface area contributed by atoms with Crippen LogP contribution in [0.4, 0.5) is 0 Å². The second kappa shape index (κ2) is 6.27. The normalized spacial score (nSPS) is 12.3. The number of rotatable bonds is 5. The van der Waals surface area contributed by atoms with E-state index in [1.807, 2.05) is 13.8 Å². The van der Waals surface area contributed by atoms with Gasteiger partial charge in [-0.05, 0) is 6.07 Å². The highest BCUT2D eigenvalue weighted by molar-refractivity contribution is 7.89. The van der Waals surface area contributed by atoms with Gasteiger partial charge in [-0.15, -0.1) is 10.2 Å². The second-order valence-electron chi connectivity index (χ2n) is 5.31. The summed E-state index contributed by atoms with van der Waals surface area (Å²) in [6.07, 6.45) is 1.34. The third-order valence-corrected chi connectivity index (χ3v) is 6.02. The van der Waals surface area contributed by atoms with Gasteiger partial charge in [-0.3, -0.25) is 4.79 Å². The van der Waals surface area contributed by atoms with Crippen molar-refractivity contribution >= 4 is 21.4 Å². The maximum Gasteiger partial charge on any atom is 0.250 e. The van der Waals surface area contributed by atoms with Crippen LogP contribution < -0.4 is 5.56 Å². The number of hydrogen-bond donors (Lipinski definition) is 0. The summed E-state index contributed by atoms with van der Waals surface area (Å²) >= 11 is 1.42. The van der Waals surface area contributed by atoms with E-state index in [9.17, 15) is 13.2 Å². The van der Waals surface area contributed by atoms with Crippen molar-refractivity contribution in [1.29, 1.82) is 0 Å². The predicted octanol–water partition coefficient (Wildman–Crippen LogP) is 1.12. The summed E-state index contributed by atoms with van der Waals surface area (Å²) in [7, 11) is -0.678. The molecule has 0 saturated heterocycles. The molecule has 9 heteroatoms. The smallest absolute Gasteiger partial charge is 0.250 e. The maximum atomic E-state index is 12.1. The Bertz CT molecular complexity index is 822. The summed E-state index contributed by atoms with van der Waals surface area (Å²) in [5.74, 6) is 0.267. The van der Waals surface area contributed by atoms with E-state index in [1.165, 1.54) is 48.3 Å². The molecular formula is C13H18N4O3S2. The molecule has 0 amide bonds. The van der Waals surface area contributed by atoms with Crippen LogP contribution >= 0.6 is 11.3 Å².